The number of hydrogen-bond acceptors (Lipinski definition) is 2. The topological polar surface area (TPSA) is 66.4 Å². The summed E-state index contributed by atoms with van der Waals surface area (Å²) in [6, 6.07) is 5.14. The Hall–Kier alpha value is -1.07. The molecule has 0 saturated heterocycles. The van der Waals surface area contributed by atoms with Crippen molar-refractivity contribution in [1.82, 2.24) is 5.32 Å². The maximum atomic E-state index is 11.9. The Morgan fingerprint density at radius 3 is 2.79 bits per heavy atom. The average molecular weight is 349 g/mol. The fourth-order valence-corrected chi connectivity index (χ4v) is 2.09. The van der Waals surface area contributed by atoms with Gasteiger partial charge in [-0.2, -0.15) is 0 Å². The summed E-state index contributed by atoms with van der Waals surface area (Å²) in [4.78, 5) is 22.4. The summed E-state index contributed by atoms with van der Waals surface area (Å²) < 4.78 is 0.667. The van der Waals surface area contributed by atoms with Gasteiger partial charge in [0, 0.05) is 17.4 Å². The van der Waals surface area contributed by atoms with Gasteiger partial charge in [-0.3, -0.25) is 9.59 Å². The minimum atomic E-state index is -0.826. The van der Waals surface area contributed by atoms with Crippen molar-refractivity contribution in [3.05, 3.63) is 33.3 Å². The number of rotatable bonds is 6. The third kappa shape index (κ3) is 5.20. The SMILES string of the molecule is CC(CCC(=O)O)CNC(=O)c1cccc(Br)c1Cl. The molecule has 1 aromatic rings. The molecule has 0 bridgehead atoms. The lowest BCUT2D eigenvalue weighted by atomic mass is 10.1. The fourth-order valence-electron chi connectivity index (χ4n) is 1.51. The number of amides is 1. The van der Waals surface area contributed by atoms with Crippen LogP contribution in [0.4, 0.5) is 0 Å². The lowest BCUT2D eigenvalue weighted by Crippen LogP contribution is -2.28. The molecule has 0 spiro atoms. The molecule has 4 nitrogen and oxygen atoms in total. The standard InChI is InChI=1S/C13H15BrClNO3/c1-8(5-6-11(17)18)7-16-13(19)9-3-2-4-10(14)12(9)15/h2-4,8H,5-7H2,1H3,(H,16,19)(H,17,18). The van der Waals surface area contributed by atoms with Crippen LogP contribution in [-0.2, 0) is 4.79 Å². The Balaban J connectivity index is 2.51. The van der Waals surface area contributed by atoms with E-state index >= 15 is 0 Å². The Kier molecular flexibility index (Phi) is 6.31. The minimum absolute atomic E-state index is 0.103. The number of nitrogens with one attached hydrogen (secondary N) is 1. The third-order valence-corrected chi connectivity index (χ3v) is 3.95. The molecule has 1 amide bonds. The van der Waals surface area contributed by atoms with Crippen LogP contribution in [-0.4, -0.2) is 23.5 Å². The molecule has 0 saturated carbocycles. The van der Waals surface area contributed by atoms with E-state index in [1.54, 1.807) is 18.2 Å². The Morgan fingerprint density at radius 2 is 2.16 bits per heavy atom. The van der Waals surface area contributed by atoms with Crippen molar-refractivity contribution >= 4 is 39.4 Å². The van der Waals surface area contributed by atoms with Gasteiger partial charge in [0.1, 0.15) is 0 Å². The van der Waals surface area contributed by atoms with Gasteiger partial charge in [0.2, 0.25) is 0 Å². The van der Waals surface area contributed by atoms with E-state index in [-0.39, 0.29) is 18.2 Å². The van der Waals surface area contributed by atoms with Gasteiger partial charge >= 0.3 is 5.97 Å². The highest BCUT2D eigenvalue weighted by atomic mass is 79.9. The summed E-state index contributed by atoms with van der Waals surface area (Å²) in [5.74, 6) is -0.979. The zero-order valence-electron chi connectivity index (χ0n) is 10.5. The quantitative estimate of drug-likeness (QED) is 0.828. The predicted molar refractivity (Wildman–Crippen MR) is 77.5 cm³/mol. The Labute approximate surface area is 125 Å². The lowest BCUT2D eigenvalue weighted by molar-refractivity contribution is -0.137. The molecule has 0 aromatic heterocycles. The van der Waals surface area contributed by atoms with Gasteiger partial charge in [-0.05, 0) is 40.4 Å². The van der Waals surface area contributed by atoms with Gasteiger partial charge < -0.3 is 10.4 Å². The second kappa shape index (κ2) is 7.50. The van der Waals surface area contributed by atoms with E-state index < -0.39 is 5.97 Å². The van der Waals surface area contributed by atoms with Crippen LogP contribution >= 0.6 is 27.5 Å². The molecule has 1 atom stereocenters. The van der Waals surface area contributed by atoms with Crippen LogP contribution in [0.3, 0.4) is 0 Å². The molecule has 0 aliphatic heterocycles. The second-order valence-electron chi connectivity index (χ2n) is 4.35. The number of carboxylic acids is 1. The number of halogens is 2. The monoisotopic (exact) mass is 347 g/mol. The summed E-state index contributed by atoms with van der Waals surface area (Å²) >= 11 is 9.28. The number of benzene rings is 1. The van der Waals surface area contributed by atoms with Gasteiger partial charge in [-0.1, -0.05) is 24.6 Å². The van der Waals surface area contributed by atoms with Crippen molar-refractivity contribution in [2.45, 2.75) is 19.8 Å². The van der Waals surface area contributed by atoms with Crippen LogP contribution in [0.15, 0.2) is 22.7 Å². The molecule has 0 aliphatic carbocycles. The van der Waals surface area contributed by atoms with Crippen molar-refractivity contribution in [2.24, 2.45) is 5.92 Å². The third-order valence-electron chi connectivity index (χ3n) is 2.66. The summed E-state index contributed by atoms with van der Waals surface area (Å²) in [7, 11) is 0. The van der Waals surface area contributed by atoms with Crippen molar-refractivity contribution < 1.29 is 14.7 Å². The molecule has 6 heteroatoms. The summed E-state index contributed by atoms with van der Waals surface area (Å²) in [5, 5.41) is 11.7. The normalized spacial score (nSPS) is 11.9. The molecule has 104 valence electrons. The Bertz CT molecular complexity index is 479. The molecule has 0 heterocycles. The zero-order chi connectivity index (χ0) is 14.4. The maximum absolute atomic E-state index is 11.9. The molecule has 1 rings (SSSR count). The van der Waals surface area contributed by atoms with Gasteiger partial charge in [0.15, 0.2) is 0 Å². The van der Waals surface area contributed by atoms with E-state index in [1.807, 2.05) is 6.92 Å². The summed E-state index contributed by atoms with van der Waals surface area (Å²) in [5.41, 5.74) is 0.404. The average Bonchev–Trinajstić information content (AvgIpc) is 2.36. The van der Waals surface area contributed by atoms with Crippen molar-refractivity contribution in [1.29, 1.82) is 0 Å². The first-order chi connectivity index (χ1) is 8.91. The number of hydrogen-bond donors (Lipinski definition) is 2. The smallest absolute Gasteiger partial charge is 0.303 e. The van der Waals surface area contributed by atoms with Crippen LogP contribution in [0.5, 0.6) is 0 Å². The molecule has 1 aromatic carbocycles. The molecule has 2 N–H and O–H groups in total. The Morgan fingerprint density at radius 1 is 1.47 bits per heavy atom. The predicted octanol–water partition coefficient (Wildman–Crippen LogP) is 3.33. The van der Waals surface area contributed by atoms with Crippen LogP contribution in [0.1, 0.15) is 30.1 Å². The maximum Gasteiger partial charge on any atom is 0.303 e. The van der Waals surface area contributed by atoms with E-state index in [9.17, 15) is 9.59 Å². The summed E-state index contributed by atoms with van der Waals surface area (Å²) in [6.45, 7) is 2.32. The van der Waals surface area contributed by atoms with Gasteiger partial charge in [0.05, 0.1) is 10.6 Å². The second-order valence-corrected chi connectivity index (χ2v) is 5.58. The van der Waals surface area contributed by atoms with Crippen LogP contribution in [0.25, 0.3) is 0 Å². The van der Waals surface area contributed by atoms with E-state index in [2.05, 4.69) is 21.2 Å². The molecule has 0 fully saturated rings. The summed E-state index contributed by atoms with van der Waals surface area (Å²) in [6.07, 6.45) is 0.635. The first-order valence-electron chi connectivity index (χ1n) is 5.85. The van der Waals surface area contributed by atoms with E-state index in [4.69, 9.17) is 16.7 Å². The highest BCUT2D eigenvalue weighted by Crippen LogP contribution is 2.25. The van der Waals surface area contributed by atoms with E-state index in [0.717, 1.165) is 0 Å². The molecule has 0 aliphatic rings. The zero-order valence-corrected chi connectivity index (χ0v) is 12.8. The van der Waals surface area contributed by atoms with Crippen molar-refractivity contribution in [3.63, 3.8) is 0 Å². The fraction of sp³-hybridized carbons (Fsp3) is 0.385. The number of carbonyl (C=O) groups is 2. The minimum Gasteiger partial charge on any atom is -0.481 e. The molecule has 0 radical (unpaired) electrons. The highest BCUT2D eigenvalue weighted by Gasteiger charge is 2.13. The molecule has 1 unspecified atom stereocenters. The lowest BCUT2D eigenvalue weighted by Gasteiger charge is -2.12. The van der Waals surface area contributed by atoms with Gasteiger partial charge in [0.25, 0.3) is 5.91 Å². The van der Waals surface area contributed by atoms with E-state index in [0.29, 0.717) is 28.0 Å². The largest absolute Gasteiger partial charge is 0.481 e. The van der Waals surface area contributed by atoms with Crippen molar-refractivity contribution in [2.75, 3.05) is 6.54 Å². The van der Waals surface area contributed by atoms with Gasteiger partial charge in [-0.25, -0.2) is 0 Å². The first kappa shape index (κ1) is 16.0. The molecular weight excluding hydrogens is 334 g/mol. The number of carbonyl (C=O) groups excluding carboxylic acids is 1. The highest BCUT2D eigenvalue weighted by molar-refractivity contribution is 9.10. The van der Waals surface area contributed by atoms with Crippen molar-refractivity contribution in [3.8, 4) is 0 Å². The van der Waals surface area contributed by atoms with Crippen LogP contribution < -0.4 is 5.32 Å². The molecule has 19 heavy (non-hydrogen) atoms. The number of aliphatic carboxylic acids is 1. The first-order valence-corrected chi connectivity index (χ1v) is 7.03. The van der Waals surface area contributed by atoms with Crippen LogP contribution in [0.2, 0.25) is 5.02 Å². The molecular formula is C13H15BrClNO3. The van der Waals surface area contributed by atoms with Crippen LogP contribution in [0, 0.1) is 5.92 Å². The van der Waals surface area contributed by atoms with Gasteiger partial charge in [-0.15, -0.1) is 0 Å². The van der Waals surface area contributed by atoms with E-state index in [1.165, 1.54) is 0 Å². The number of carboxylic acid groups (broad SMARTS) is 1.